The minimum Gasteiger partial charge on any atom is -0.502 e. The molecule has 0 amide bonds. The fourth-order valence-electron chi connectivity index (χ4n) is 0.987. The maximum absolute atomic E-state index is 10.4. The smallest absolute Gasteiger partial charge is 0.502 e. The predicted molar refractivity (Wildman–Crippen MR) is 46.2 cm³/mol. The molecule has 8 heteroatoms. The molecule has 1 rings (SSSR count). The molecule has 1 aromatic rings. The standard InChI is InChI=1S/C7H6N2O5.Pd/c1-4-2-5(8(11)12)3-6(7(4)10)9(13)14;/h2-3,10H,1H3;/q;+2. The Bertz CT molecular complexity index is 420. The van der Waals surface area contributed by atoms with Crippen molar-refractivity contribution in [1.29, 1.82) is 0 Å². The van der Waals surface area contributed by atoms with Gasteiger partial charge in [0.25, 0.3) is 5.69 Å². The topological polar surface area (TPSA) is 107 Å². The monoisotopic (exact) mass is 304 g/mol. The van der Waals surface area contributed by atoms with Crippen molar-refractivity contribution in [3.05, 3.63) is 37.9 Å². The molecule has 1 aromatic carbocycles. The van der Waals surface area contributed by atoms with E-state index in [9.17, 15) is 25.3 Å². The van der Waals surface area contributed by atoms with Crippen molar-refractivity contribution < 1.29 is 35.4 Å². The third-order valence-corrected chi connectivity index (χ3v) is 1.67. The van der Waals surface area contributed by atoms with E-state index in [0.717, 1.165) is 12.1 Å². The van der Waals surface area contributed by atoms with Crippen molar-refractivity contribution in [3.63, 3.8) is 0 Å². The Morgan fingerprint density at radius 1 is 1.20 bits per heavy atom. The first-order chi connectivity index (χ1) is 6.43. The molecule has 0 unspecified atom stereocenters. The fraction of sp³-hybridized carbons (Fsp3) is 0.143. The predicted octanol–water partition coefficient (Wildman–Crippen LogP) is 1.51. The Labute approximate surface area is 97.7 Å². The number of non-ortho nitro benzene ring substituents is 1. The van der Waals surface area contributed by atoms with Crippen molar-refractivity contribution in [2.45, 2.75) is 6.92 Å². The number of rotatable bonds is 2. The first-order valence-corrected chi connectivity index (χ1v) is 3.56. The van der Waals surface area contributed by atoms with Gasteiger partial charge in [-0.3, -0.25) is 20.2 Å². The Kier molecular flexibility index (Phi) is 4.33. The molecule has 0 spiro atoms. The van der Waals surface area contributed by atoms with Gasteiger partial charge >= 0.3 is 26.1 Å². The van der Waals surface area contributed by atoms with Crippen LogP contribution in [0.1, 0.15) is 5.56 Å². The summed E-state index contributed by atoms with van der Waals surface area (Å²) in [4.78, 5) is 19.1. The molecule has 15 heavy (non-hydrogen) atoms. The number of hydrogen-bond acceptors (Lipinski definition) is 5. The molecule has 0 aromatic heterocycles. The van der Waals surface area contributed by atoms with Crippen LogP contribution in [0, 0.1) is 27.2 Å². The third-order valence-electron chi connectivity index (χ3n) is 1.67. The van der Waals surface area contributed by atoms with Crippen LogP contribution in [-0.4, -0.2) is 15.0 Å². The maximum Gasteiger partial charge on any atom is 2.00 e. The van der Waals surface area contributed by atoms with Crippen LogP contribution >= 0.6 is 0 Å². The molecule has 82 valence electrons. The molecule has 0 aliphatic heterocycles. The molecule has 7 nitrogen and oxygen atoms in total. The van der Waals surface area contributed by atoms with Crippen LogP contribution in [0.3, 0.4) is 0 Å². The number of nitro groups is 2. The van der Waals surface area contributed by atoms with Crippen molar-refractivity contribution in [2.24, 2.45) is 0 Å². The molecule has 0 bridgehead atoms. The molecule has 0 heterocycles. The molecular formula is C7H6N2O5Pd+2. The van der Waals surface area contributed by atoms with Crippen LogP contribution in [0.4, 0.5) is 11.4 Å². The summed E-state index contributed by atoms with van der Waals surface area (Å²) in [7, 11) is 0. The molecule has 0 aliphatic carbocycles. The zero-order valence-corrected chi connectivity index (χ0v) is 9.00. The summed E-state index contributed by atoms with van der Waals surface area (Å²) in [5.41, 5.74) is -0.963. The number of nitro benzene ring substituents is 2. The van der Waals surface area contributed by atoms with Crippen LogP contribution in [0.25, 0.3) is 0 Å². The largest absolute Gasteiger partial charge is 2.00 e. The van der Waals surface area contributed by atoms with Crippen LogP contribution in [0.2, 0.25) is 0 Å². The summed E-state index contributed by atoms with van der Waals surface area (Å²) in [6.45, 7) is 1.36. The number of nitrogens with zero attached hydrogens (tertiary/aromatic N) is 2. The Morgan fingerprint density at radius 2 is 1.73 bits per heavy atom. The molecule has 0 saturated heterocycles. The van der Waals surface area contributed by atoms with Gasteiger partial charge in [-0.05, 0) is 6.92 Å². The van der Waals surface area contributed by atoms with Gasteiger partial charge in [0.05, 0.1) is 15.9 Å². The average Bonchev–Trinajstić information content (AvgIpc) is 2.08. The molecule has 0 radical (unpaired) electrons. The molecule has 0 atom stereocenters. The van der Waals surface area contributed by atoms with Gasteiger partial charge in [0.15, 0.2) is 5.75 Å². The van der Waals surface area contributed by atoms with Crippen LogP contribution < -0.4 is 0 Å². The van der Waals surface area contributed by atoms with Gasteiger partial charge in [0.1, 0.15) is 0 Å². The van der Waals surface area contributed by atoms with Gasteiger partial charge in [-0.2, -0.15) is 0 Å². The Balaban J connectivity index is 0.00000196. The molecule has 0 fully saturated rings. The summed E-state index contributed by atoms with van der Waals surface area (Å²) in [6.07, 6.45) is 0. The van der Waals surface area contributed by atoms with E-state index >= 15 is 0 Å². The third kappa shape index (κ3) is 2.71. The molecule has 0 saturated carbocycles. The minimum atomic E-state index is -0.866. The van der Waals surface area contributed by atoms with Crippen molar-refractivity contribution in [1.82, 2.24) is 0 Å². The van der Waals surface area contributed by atoms with Crippen LogP contribution in [-0.2, 0) is 20.4 Å². The SMILES string of the molecule is Cc1cc([N+](=O)[O-])cc([N+](=O)[O-])c1O.[Pd+2]. The number of hydrogen-bond donors (Lipinski definition) is 1. The van der Waals surface area contributed by atoms with E-state index in [1.165, 1.54) is 6.92 Å². The number of aromatic hydroxyl groups is 1. The second-order valence-corrected chi connectivity index (χ2v) is 2.64. The zero-order valence-electron chi connectivity index (χ0n) is 7.45. The van der Waals surface area contributed by atoms with Crippen molar-refractivity contribution in [2.75, 3.05) is 0 Å². The Hall–Kier alpha value is -1.52. The van der Waals surface area contributed by atoms with E-state index in [1.54, 1.807) is 0 Å². The van der Waals surface area contributed by atoms with Gasteiger partial charge in [0.2, 0.25) is 0 Å². The second kappa shape index (κ2) is 4.82. The quantitative estimate of drug-likeness (QED) is 0.506. The normalized spacial score (nSPS) is 9.13. The first kappa shape index (κ1) is 13.5. The summed E-state index contributed by atoms with van der Waals surface area (Å²) < 4.78 is 0. The van der Waals surface area contributed by atoms with E-state index in [0.29, 0.717) is 0 Å². The fourth-order valence-corrected chi connectivity index (χ4v) is 0.987. The summed E-state index contributed by atoms with van der Waals surface area (Å²) in [6, 6.07) is 1.80. The van der Waals surface area contributed by atoms with Gasteiger partial charge in [0, 0.05) is 11.6 Å². The van der Waals surface area contributed by atoms with E-state index < -0.39 is 27.0 Å². The number of aryl methyl sites for hydroxylation is 1. The van der Waals surface area contributed by atoms with Gasteiger partial charge in [-0.25, -0.2) is 0 Å². The average molecular weight is 305 g/mol. The number of phenols is 1. The van der Waals surface area contributed by atoms with Crippen molar-refractivity contribution >= 4 is 11.4 Å². The van der Waals surface area contributed by atoms with E-state index in [-0.39, 0.29) is 26.0 Å². The molecular weight excluding hydrogens is 299 g/mol. The van der Waals surface area contributed by atoms with Crippen LogP contribution in [0.5, 0.6) is 5.75 Å². The number of phenolic OH excluding ortho intramolecular Hbond substituents is 1. The van der Waals surface area contributed by atoms with E-state index in [2.05, 4.69) is 0 Å². The summed E-state index contributed by atoms with van der Waals surface area (Å²) in [5, 5.41) is 29.9. The zero-order chi connectivity index (χ0) is 10.9. The maximum atomic E-state index is 10.4. The van der Waals surface area contributed by atoms with Crippen LogP contribution in [0.15, 0.2) is 12.1 Å². The number of benzene rings is 1. The summed E-state index contributed by atoms with van der Waals surface area (Å²) >= 11 is 0. The van der Waals surface area contributed by atoms with Gasteiger partial charge < -0.3 is 5.11 Å². The second-order valence-electron chi connectivity index (χ2n) is 2.64. The van der Waals surface area contributed by atoms with E-state index in [1.807, 2.05) is 0 Å². The molecule has 1 N–H and O–H groups in total. The first-order valence-electron chi connectivity index (χ1n) is 3.56. The Morgan fingerprint density at radius 3 is 2.13 bits per heavy atom. The summed E-state index contributed by atoms with van der Waals surface area (Å²) in [5.74, 6) is -0.541. The minimum absolute atomic E-state index is 0. The molecule has 0 aliphatic rings. The van der Waals surface area contributed by atoms with E-state index in [4.69, 9.17) is 0 Å². The van der Waals surface area contributed by atoms with Gasteiger partial charge in [-0.1, -0.05) is 0 Å². The van der Waals surface area contributed by atoms with Gasteiger partial charge in [-0.15, -0.1) is 0 Å². The van der Waals surface area contributed by atoms with Crippen molar-refractivity contribution in [3.8, 4) is 5.75 Å².